The van der Waals surface area contributed by atoms with Crippen molar-refractivity contribution in [3.05, 3.63) is 66.5 Å². The Hall–Kier alpha value is -2.73. The molecule has 0 aliphatic carbocycles. The first kappa shape index (κ1) is 19.0. The molecule has 0 fully saturated rings. The van der Waals surface area contributed by atoms with Gasteiger partial charge in [0.2, 0.25) is 5.91 Å². The number of carbonyl (C=O) groups excluding carboxylic acids is 1. The molecule has 1 unspecified atom stereocenters. The summed E-state index contributed by atoms with van der Waals surface area (Å²) in [6, 6.07) is 15.6. The van der Waals surface area contributed by atoms with Gasteiger partial charge in [-0.2, -0.15) is 0 Å². The zero-order chi connectivity index (χ0) is 19.2. The minimum atomic E-state index is -0.315. The smallest absolute Gasteiger partial charge is 0.237 e. The normalized spacial score (nSPS) is 11.8. The van der Waals surface area contributed by atoms with Gasteiger partial charge in [0.1, 0.15) is 5.75 Å². The second-order valence-electron chi connectivity index (χ2n) is 6.04. The molecule has 0 bridgehead atoms. The fourth-order valence-electron chi connectivity index (χ4n) is 2.69. The number of carbonyl (C=O) groups is 1. The van der Waals surface area contributed by atoms with E-state index in [9.17, 15) is 4.79 Å². The van der Waals surface area contributed by atoms with Crippen molar-refractivity contribution in [1.82, 2.24) is 9.55 Å². The maximum absolute atomic E-state index is 12.7. The number of benzene rings is 2. The van der Waals surface area contributed by atoms with E-state index in [1.165, 1.54) is 11.8 Å². The Labute approximate surface area is 163 Å². The van der Waals surface area contributed by atoms with E-state index in [1.807, 2.05) is 67.1 Å². The molecule has 5 nitrogen and oxygen atoms in total. The van der Waals surface area contributed by atoms with Crippen molar-refractivity contribution in [1.29, 1.82) is 0 Å². The number of aromatic nitrogens is 2. The van der Waals surface area contributed by atoms with Gasteiger partial charge in [0, 0.05) is 12.4 Å². The molecule has 1 amide bonds. The van der Waals surface area contributed by atoms with Gasteiger partial charge in [-0.05, 0) is 44.5 Å². The van der Waals surface area contributed by atoms with Gasteiger partial charge in [0.15, 0.2) is 5.16 Å². The van der Waals surface area contributed by atoms with Crippen LogP contribution in [0.2, 0.25) is 0 Å². The molecule has 2 aromatic carbocycles. The number of nitrogens with one attached hydrogen (secondary N) is 1. The summed E-state index contributed by atoms with van der Waals surface area (Å²) in [5.74, 6) is 0.582. The van der Waals surface area contributed by atoms with E-state index in [0.717, 1.165) is 16.4 Å². The maximum Gasteiger partial charge on any atom is 0.237 e. The monoisotopic (exact) mass is 381 g/mol. The van der Waals surface area contributed by atoms with Gasteiger partial charge < -0.3 is 10.1 Å². The van der Waals surface area contributed by atoms with Crippen LogP contribution in [0.3, 0.4) is 0 Å². The van der Waals surface area contributed by atoms with E-state index in [4.69, 9.17) is 4.74 Å². The number of anilines is 1. The predicted octanol–water partition coefficient (Wildman–Crippen LogP) is 4.70. The third-order valence-corrected chi connectivity index (χ3v) is 5.16. The summed E-state index contributed by atoms with van der Waals surface area (Å²) in [7, 11) is 0. The Bertz CT molecular complexity index is 923. The third kappa shape index (κ3) is 4.52. The fraction of sp³-hybridized carbons (Fsp3) is 0.238. The molecule has 1 N–H and O–H groups in total. The first-order valence-corrected chi connectivity index (χ1v) is 9.76. The Morgan fingerprint density at radius 2 is 1.96 bits per heavy atom. The molecule has 1 atom stereocenters. The first-order chi connectivity index (χ1) is 13.1. The Morgan fingerprint density at radius 3 is 2.74 bits per heavy atom. The number of rotatable bonds is 7. The van der Waals surface area contributed by atoms with Gasteiger partial charge in [-0.1, -0.05) is 42.1 Å². The highest BCUT2D eigenvalue weighted by Crippen LogP contribution is 2.28. The average molecular weight is 382 g/mol. The minimum absolute atomic E-state index is 0.0912. The van der Waals surface area contributed by atoms with E-state index in [1.54, 1.807) is 6.20 Å². The number of nitrogens with zero attached hydrogens (tertiary/aromatic N) is 2. The van der Waals surface area contributed by atoms with Crippen molar-refractivity contribution in [2.75, 3.05) is 11.9 Å². The van der Waals surface area contributed by atoms with Crippen LogP contribution in [0, 0.1) is 6.92 Å². The highest BCUT2D eigenvalue weighted by atomic mass is 32.2. The number of amides is 1. The number of thioether (sulfide) groups is 1. The van der Waals surface area contributed by atoms with Crippen molar-refractivity contribution < 1.29 is 9.53 Å². The van der Waals surface area contributed by atoms with Gasteiger partial charge >= 0.3 is 0 Å². The Morgan fingerprint density at radius 1 is 1.22 bits per heavy atom. The van der Waals surface area contributed by atoms with Crippen LogP contribution in [0.25, 0.3) is 5.69 Å². The van der Waals surface area contributed by atoms with Gasteiger partial charge in [-0.15, -0.1) is 0 Å². The number of hydrogen-bond donors (Lipinski definition) is 1. The van der Waals surface area contributed by atoms with E-state index < -0.39 is 0 Å². The van der Waals surface area contributed by atoms with E-state index in [0.29, 0.717) is 18.0 Å². The van der Waals surface area contributed by atoms with Crippen molar-refractivity contribution in [2.45, 2.75) is 31.2 Å². The second-order valence-corrected chi connectivity index (χ2v) is 7.35. The standard InChI is InChI=1S/C21H23N3O2S/c1-4-26-19-12-8-6-10-17(19)23-20(25)16(3)27-21-22-13-14-24(21)18-11-7-5-9-15(18)2/h5-14,16H,4H2,1-3H3,(H,23,25). The zero-order valence-corrected chi connectivity index (χ0v) is 16.5. The Kier molecular flexibility index (Phi) is 6.19. The largest absolute Gasteiger partial charge is 0.492 e. The summed E-state index contributed by atoms with van der Waals surface area (Å²) in [4.78, 5) is 17.1. The first-order valence-electron chi connectivity index (χ1n) is 8.89. The third-order valence-electron chi connectivity index (χ3n) is 4.08. The summed E-state index contributed by atoms with van der Waals surface area (Å²) < 4.78 is 7.59. The molecule has 3 rings (SSSR count). The van der Waals surface area contributed by atoms with Crippen LogP contribution in [0.4, 0.5) is 5.69 Å². The van der Waals surface area contributed by atoms with Crippen LogP contribution in [0.15, 0.2) is 66.1 Å². The second kappa shape index (κ2) is 8.77. The van der Waals surface area contributed by atoms with Crippen LogP contribution >= 0.6 is 11.8 Å². The molecule has 0 saturated carbocycles. The lowest BCUT2D eigenvalue weighted by atomic mass is 10.2. The van der Waals surface area contributed by atoms with Crippen molar-refractivity contribution in [3.8, 4) is 11.4 Å². The fourth-order valence-corrected chi connectivity index (χ4v) is 3.57. The van der Waals surface area contributed by atoms with Crippen LogP contribution < -0.4 is 10.1 Å². The summed E-state index contributed by atoms with van der Waals surface area (Å²) in [5.41, 5.74) is 2.89. The molecular formula is C21H23N3O2S. The average Bonchev–Trinajstić information content (AvgIpc) is 3.11. The van der Waals surface area contributed by atoms with Crippen molar-refractivity contribution in [2.24, 2.45) is 0 Å². The quantitative estimate of drug-likeness (QED) is 0.603. The molecule has 1 aromatic heterocycles. The molecule has 1 heterocycles. The van der Waals surface area contributed by atoms with E-state index in [2.05, 4.69) is 23.3 Å². The molecule has 27 heavy (non-hydrogen) atoms. The highest BCUT2D eigenvalue weighted by molar-refractivity contribution is 8.00. The van der Waals surface area contributed by atoms with E-state index in [-0.39, 0.29) is 11.2 Å². The molecule has 0 aliphatic heterocycles. The minimum Gasteiger partial charge on any atom is -0.492 e. The van der Waals surface area contributed by atoms with Gasteiger partial charge in [0.05, 0.1) is 23.2 Å². The lowest BCUT2D eigenvalue weighted by Gasteiger charge is -2.16. The molecule has 140 valence electrons. The lowest BCUT2D eigenvalue weighted by Crippen LogP contribution is -2.23. The SMILES string of the molecule is CCOc1ccccc1NC(=O)C(C)Sc1nccn1-c1ccccc1C. The summed E-state index contributed by atoms with van der Waals surface area (Å²) >= 11 is 1.43. The maximum atomic E-state index is 12.7. The van der Waals surface area contributed by atoms with E-state index >= 15 is 0 Å². The molecule has 6 heteroatoms. The number of imidazole rings is 1. The van der Waals surface area contributed by atoms with Crippen molar-refractivity contribution in [3.63, 3.8) is 0 Å². The summed E-state index contributed by atoms with van der Waals surface area (Å²) in [6.45, 7) is 6.40. The zero-order valence-electron chi connectivity index (χ0n) is 15.7. The molecule has 0 aliphatic rings. The van der Waals surface area contributed by atoms with Gasteiger partial charge in [-0.3, -0.25) is 9.36 Å². The molecule has 0 spiro atoms. The lowest BCUT2D eigenvalue weighted by molar-refractivity contribution is -0.115. The van der Waals surface area contributed by atoms with Crippen LogP contribution in [0.1, 0.15) is 19.4 Å². The highest BCUT2D eigenvalue weighted by Gasteiger charge is 2.19. The van der Waals surface area contributed by atoms with Gasteiger partial charge in [0.25, 0.3) is 0 Å². The van der Waals surface area contributed by atoms with Crippen LogP contribution in [-0.2, 0) is 4.79 Å². The molecule has 0 radical (unpaired) electrons. The summed E-state index contributed by atoms with van der Waals surface area (Å²) in [6.07, 6.45) is 3.67. The summed E-state index contributed by atoms with van der Waals surface area (Å²) in [5, 5.41) is 3.42. The topological polar surface area (TPSA) is 56.1 Å². The molecule has 3 aromatic rings. The van der Waals surface area contributed by atoms with Crippen LogP contribution in [0.5, 0.6) is 5.75 Å². The Balaban J connectivity index is 1.73. The van der Waals surface area contributed by atoms with Gasteiger partial charge in [-0.25, -0.2) is 4.98 Å². The van der Waals surface area contributed by atoms with Crippen molar-refractivity contribution >= 4 is 23.4 Å². The molecule has 0 saturated heterocycles. The number of para-hydroxylation sites is 3. The predicted molar refractivity (Wildman–Crippen MR) is 110 cm³/mol. The molecular weight excluding hydrogens is 358 g/mol. The van der Waals surface area contributed by atoms with Crippen LogP contribution in [-0.4, -0.2) is 27.3 Å². The number of ether oxygens (including phenoxy) is 1. The number of hydrogen-bond acceptors (Lipinski definition) is 4. The number of aryl methyl sites for hydroxylation is 1.